The Morgan fingerprint density at radius 1 is 0.682 bits per heavy atom. The van der Waals surface area contributed by atoms with Gasteiger partial charge in [0.15, 0.2) is 11.0 Å². The van der Waals surface area contributed by atoms with Gasteiger partial charge in [-0.2, -0.15) is 0 Å². The summed E-state index contributed by atoms with van der Waals surface area (Å²) in [6, 6.07) is 15.1. The highest BCUT2D eigenvalue weighted by atomic mass is 35.5. The molecule has 0 fully saturated rings. The summed E-state index contributed by atoms with van der Waals surface area (Å²) in [5.74, 6) is 0. The molecule has 0 amide bonds. The van der Waals surface area contributed by atoms with E-state index in [4.69, 9.17) is 23.2 Å². The first-order chi connectivity index (χ1) is 10.8. The lowest BCUT2D eigenvalue weighted by Gasteiger charge is -2.17. The van der Waals surface area contributed by atoms with Crippen molar-refractivity contribution in [2.24, 2.45) is 0 Å². The zero-order chi connectivity index (χ0) is 15.1. The van der Waals surface area contributed by atoms with E-state index in [1.165, 1.54) is 0 Å². The van der Waals surface area contributed by atoms with Gasteiger partial charge < -0.3 is 0 Å². The number of alkyl halides is 2. The van der Waals surface area contributed by atoms with E-state index >= 15 is 0 Å². The average Bonchev–Trinajstić information content (AvgIpc) is 3.17. The average molecular weight is 333 g/mol. The first kappa shape index (κ1) is 13.5. The molecule has 0 aliphatic heterocycles. The molecule has 0 aliphatic rings. The molecule has 2 atom stereocenters. The molecule has 6 nitrogen and oxygen atoms in total. The van der Waals surface area contributed by atoms with Crippen molar-refractivity contribution in [2.75, 3.05) is 0 Å². The van der Waals surface area contributed by atoms with Crippen LogP contribution in [0.15, 0.2) is 48.5 Å². The number of aromatic nitrogens is 6. The number of benzene rings is 2. The van der Waals surface area contributed by atoms with Crippen LogP contribution in [0.5, 0.6) is 0 Å². The summed E-state index contributed by atoms with van der Waals surface area (Å²) in [5.41, 5.74) is 1.86. The number of halogens is 2. The van der Waals surface area contributed by atoms with Crippen LogP contribution < -0.4 is 0 Å². The lowest BCUT2D eigenvalue weighted by molar-refractivity contribution is 0.461. The highest BCUT2D eigenvalue weighted by molar-refractivity contribution is 6.27. The molecule has 0 N–H and O–H groups in total. The Hall–Kier alpha value is -2.18. The van der Waals surface area contributed by atoms with E-state index in [1.54, 1.807) is 9.36 Å². The van der Waals surface area contributed by atoms with Crippen molar-refractivity contribution in [2.45, 2.75) is 11.0 Å². The van der Waals surface area contributed by atoms with Crippen LogP contribution in [0.2, 0.25) is 0 Å². The molecular weight excluding hydrogens is 323 g/mol. The third-order valence-electron chi connectivity index (χ3n) is 3.45. The highest BCUT2D eigenvalue weighted by Crippen LogP contribution is 2.33. The molecule has 2 heterocycles. The first-order valence-electron chi connectivity index (χ1n) is 6.64. The van der Waals surface area contributed by atoms with Crippen molar-refractivity contribution in [1.82, 2.24) is 30.0 Å². The SMILES string of the molecule is Cl[C@H]([C@H](Cl)n1nnc2ccccc21)n1nnc2ccccc21. The minimum Gasteiger partial charge on any atom is -0.223 e. The Morgan fingerprint density at radius 2 is 1.09 bits per heavy atom. The fourth-order valence-electron chi connectivity index (χ4n) is 2.37. The van der Waals surface area contributed by atoms with Gasteiger partial charge in [0.25, 0.3) is 0 Å². The Balaban J connectivity index is 1.77. The normalized spacial score (nSPS) is 14.5. The molecule has 0 saturated heterocycles. The fraction of sp³-hybridized carbons (Fsp3) is 0.143. The van der Waals surface area contributed by atoms with Gasteiger partial charge in [0.1, 0.15) is 11.0 Å². The van der Waals surface area contributed by atoms with Gasteiger partial charge >= 0.3 is 0 Å². The van der Waals surface area contributed by atoms with Crippen LogP contribution in [0.4, 0.5) is 0 Å². The largest absolute Gasteiger partial charge is 0.223 e. The molecule has 2 aromatic heterocycles. The summed E-state index contributed by atoms with van der Waals surface area (Å²) >= 11 is 13.0. The summed E-state index contributed by atoms with van der Waals surface area (Å²) in [6.45, 7) is 0. The molecule has 2 aromatic carbocycles. The van der Waals surface area contributed by atoms with Crippen LogP contribution in [0.1, 0.15) is 11.0 Å². The maximum atomic E-state index is 6.51. The van der Waals surface area contributed by atoms with Crippen LogP contribution in [0.25, 0.3) is 22.1 Å². The van der Waals surface area contributed by atoms with Crippen LogP contribution in [-0.4, -0.2) is 30.0 Å². The summed E-state index contributed by atoms with van der Waals surface area (Å²) in [7, 11) is 0. The van der Waals surface area contributed by atoms with E-state index in [1.807, 2.05) is 48.5 Å². The van der Waals surface area contributed by atoms with Crippen LogP contribution in [-0.2, 0) is 0 Å². The Morgan fingerprint density at radius 3 is 1.55 bits per heavy atom. The number of hydrogen-bond acceptors (Lipinski definition) is 4. The van der Waals surface area contributed by atoms with Crippen molar-refractivity contribution in [1.29, 1.82) is 0 Å². The van der Waals surface area contributed by atoms with E-state index < -0.39 is 11.0 Å². The van der Waals surface area contributed by atoms with Gasteiger partial charge in [-0.1, -0.05) is 57.9 Å². The lowest BCUT2D eigenvalue weighted by atomic mass is 10.3. The third kappa shape index (κ3) is 2.03. The van der Waals surface area contributed by atoms with Gasteiger partial charge in [-0.05, 0) is 24.3 Å². The summed E-state index contributed by atoms with van der Waals surface area (Å²) < 4.78 is 3.18. The van der Waals surface area contributed by atoms with Crippen molar-refractivity contribution in [3.63, 3.8) is 0 Å². The summed E-state index contributed by atoms with van der Waals surface area (Å²) in [4.78, 5) is 0. The molecule has 22 heavy (non-hydrogen) atoms. The number of rotatable bonds is 3. The quantitative estimate of drug-likeness (QED) is 0.540. The Kier molecular flexibility index (Phi) is 3.20. The third-order valence-corrected chi connectivity index (χ3v) is 4.43. The van der Waals surface area contributed by atoms with E-state index in [9.17, 15) is 0 Å². The summed E-state index contributed by atoms with van der Waals surface area (Å²) in [6.07, 6.45) is 0. The highest BCUT2D eigenvalue weighted by Gasteiger charge is 2.25. The van der Waals surface area contributed by atoms with E-state index in [2.05, 4.69) is 20.6 Å². The van der Waals surface area contributed by atoms with E-state index in [0.29, 0.717) is 0 Å². The van der Waals surface area contributed by atoms with Gasteiger partial charge in [0.05, 0.1) is 11.0 Å². The molecular formula is C14H10Cl2N6. The molecule has 110 valence electrons. The van der Waals surface area contributed by atoms with Crippen molar-refractivity contribution in [3.8, 4) is 0 Å². The predicted octanol–water partition coefficient (Wildman–Crippen LogP) is 3.35. The molecule has 0 radical (unpaired) electrons. The molecule has 0 saturated carbocycles. The molecule has 0 unspecified atom stereocenters. The second kappa shape index (κ2) is 5.23. The number of nitrogens with zero attached hydrogens (tertiary/aromatic N) is 6. The Bertz CT molecular complexity index is 868. The van der Waals surface area contributed by atoms with Gasteiger partial charge in [0.2, 0.25) is 0 Å². The van der Waals surface area contributed by atoms with Crippen molar-refractivity contribution < 1.29 is 0 Å². The van der Waals surface area contributed by atoms with Crippen LogP contribution >= 0.6 is 23.2 Å². The van der Waals surface area contributed by atoms with Gasteiger partial charge in [-0.3, -0.25) is 0 Å². The fourth-order valence-corrected chi connectivity index (χ4v) is 2.87. The minimum atomic E-state index is -0.654. The number of para-hydroxylation sites is 2. The maximum absolute atomic E-state index is 6.51. The second-order valence-electron chi connectivity index (χ2n) is 4.79. The van der Waals surface area contributed by atoms with Crippen LogP contribution in [0.3, 0.4) is 0 Å². The van der Waals surface area contributed by atoms with Gasteiger partial charge in [-0.25, -0.2) is 9.36 Å². The maximum Gasteiger partial charge on any atom is 0.164 e. The Labute approximate surface area is 135 Å². The zero-order valence-electron chi connectivity index (χ0n) is 11.2. The molecule has 8 heteroatoms. The number of fused-ring (bicyclic) bond motifs is 2. The van der Waals surface area contributed by atoms with Gasteiger partial charge in [0, 0.05) is 0 Å². The van der Waals surface area contributed by atoms with E-state index in [-0.39, 0.29) is 0 Å². The zero-order valence-corrected chi connectivity index (χ0v) is 12.7. The van der Waals surface area contributed by atoms with Crippen molar-refractivity contribution in [3.05, 3.63) is 48.5 Å². The van der Waals surface area contributed by atoms with E-state index in [0.717, 1.165) is 22.1 Å². The number of hydrogen-bond donors (Lipinski definition) is 0. The molecule has 0 aliphatic carbocycles. The minimum absolute atomic E-state index is 0.654. The monoisotopic (exact) mass is 332 g/mol. The molecule has 0 spiro atoms. The second-order valence-corrected chi connectivity index (χ2v) is 5.69. The predicted molar refractivity (Wildman–Crippen MR) is 84.8 cm³/mol. The standard InChI is InChI=1S/C14H10Cl2N6/c15-13(21-11-7-3-1-5-9(11)17-19-21)14(16)22-12-8-4-2-6-10(12)18-20-22/h1-8,13-14H/t13-,14+. The first-order valence-corrected chi connectivity index (χ1v) is 7.51. The smallest absolute Gasteiger partial charge is 0.164 e. The van der Waals surface area contributed by atoms with Crippen molar-refractivity contribution >= 4 is 45.3 Å². The lowest BCUT2D eigenvalue weighted by Crippen LogP contribution is -2.17. The van der Waals surface area contributed by atoms with Crippen LogP contribution in [0, 0.1) is 0 Å². The van der Waals surface area contributed by atoms with Gasteiger partial charge in [-0.15, -0.1) is 10.2 Å². The summed E-state index contributed by atoms with van der Waals surface area (Å²) in [5, 5.41) is 16.4. The molecule has 0 bridgehead atoms. The topological polar surface area (TPSA) is 61.4 Å². The molecule has 4 aromatic rings. The molecule has 4 rings (SSSR count).